The van der Waals surface area contributed by atoms with E-state index in [2.05, 4.69) is 40.2 Å². The number of hydrogen-bond acceptors (Lipinski definition) is 2. The summed E-state index contributed by atoms with van der Waals surface area (Å²) in [6.45, 7) is 2.34. The Kier molecular flexibility index (Phi) is 1.98. The van der Waals surface area contributed by atoms with Crippen molar-refractivity contribution in [3.63, 3.8) is 0 Å². The Bertz CT molecular complexity index is 356. The number of hydrogen-bond donors (Lipinski definition) is 1. The largest absolute Gasteiger partial charge is 0.307 e. The van der Waals surface area contributed by atoms with Gasteiger partial charge in [0, 0.05) is 11.3 Å². The maximum Gasteiger partial charge on any atom is 0.307 e. The van der Waals surface area contributed by atoms with Crippen LogP contribution in [-0.4, -0.2) is 28.6 Å². The second-order valence-electron chi connectivity index (χ2n) is 3.71. The van der Waals surface area contributed by atoms with E-state index in [1.165, 1.54) is 23.0 Å². The number of amidine groups is 1. The lowest BCUT2D eigenvalue weighted by Crippen LogP contribution is -2.21. The monoisotopic (exact) mass is 207 g/mol. The first-order chi connectivity index (χ1) is 6.93. The highest BCUT2D eigenvalue weighted by molar-refractivity contribution is 8.13. The minimum absolute atomic E-state index is 0.499. The van der Waals surface area contributed by atoms with Crippen molar-refractivity contribution in [1.82, 2.24) is 5.32 Å². The Balaban J connectivity index is 1.80. The van der Waals surface area contributed by atoms with E-state index in [-0.39, 0.29) is 0 Å². The molecular weight excluding hydrogens is 194 g/mol. The molecular formula is C11H13N2S+. The molecule has 0 saturated heterocycles. The molecule has 72 valence electrons. The van der Waals surface area contributed by atoms with Gasteiger partial charge in [-0.3, -0.25) is 9.89 Å². The Hall–Kier alpha value is -0.960. The third kappa shape index (κ3) is 1.32. The Morgan fingerprint density at radius 2 is 2.21 bits per heavy atom. The molecule has 1 N–H and O–H groups in total. The molecule has 0 saturated carbocycles. The summed E-state index contributed by atoms with van der Waals surface area (Å²) in [5, 5.41) is 4.95. The molecule has 1 atom stereocenters. The van der Waals surface area contributed by atoms with Crippen molar-refractivity contribution in [2.45, 2.75) is 6.04 Å². The van der Waals surface area contributed by atoms with E-state index < -0.39 is 0 Å². The van der Waals surface area contributed by atoms with Crippen LogP contribution in [0.4, 0.5) is 0 Å². The Labute approximate surface area is 88.0 Å². The number of benzene rings is 1. The summed E-state index contributed by atoms with van der Waals surface area (Å²) in [7, 11) is 0. The quantitative estimate of drug-likeness (QED) is 0.701. The molecule has 0 aliphatic carbocycles. The maximum atomic E-state index is 3.57. The normalized spacial score (nSPS) is 25.0. The van der Waals surface area contributed by atoms with Crippen LogP contribution in [0.1, 0.15) is 11.6 Å². The predicted molar refractivity (Wildman–Crippen MR) is 59.8 cm³/mol. The summed E-state index contributed by atoms with van der Waals surface area (Å²) >= 11 is 1.94. The van der Waals surface area contributed by atoms with E-state index in [1.807, 2.05) is 11.8 Å². The zero-order valence-electron chi connectivity index (χ0n) is 7.94. The van der Waals surface area contributed by atoms with Gasteiger partial charge in [-0.05, 0) is 11.8 Å². The van der Waals surface area contributed by atoms with Crippen molar-refractivity contribution < 1.29 is 4.58 Å². The third-order valence-electron chi connectivity index (χ3n) is 2.79. The zero-order valence-corrected chi connectivity index (χ0v) is 8.76. The van der Waals surface area contributed by atoms with Crippen molar-refractivity contribution in [3.05, 3.63) is 35.9 Å². The fraction of sp³-hybridized carbons (Fsp3) is 0.364. The molecule has 0 fully saturated rings. The van der Waals surface area contributed by atoms with Crippen LogP contribution in [0.25, 0.3) is 0 Å². The van der Waals surface area contributed by atoms with Gasteiger partial charge in [-0.25, -0.2) is 0 Å². The molecule has 2 nitrogen and oxygen atoms in total. The standard InChI is InChI=1S/C11H12N2S/c1-2-4-9(5-3-1)10-8-13-6-7-14-11(13)12-10/h1-5,10H,6-8H2/p+1/t10-/m0/s1/i11+2. The zero-order chi connectivity index (χ0) is 9.38. The van der Waals surface area contributed by atoms with Crippen LogP contribution in [0.3, 0.4) is 0 Å². The summed E-state index contributed by atoms with van der Waals surface area (Å²) in [5.74, 6) is 1.24. The van der Waals surface area contributed by atoms with Crippen molar-refractivity contribution in [2.75, 3.05) is 18.8 Å². The van der Waals surface area contributed by atoms with Gasteiger partial charge in [0.15, 0.2) is 6.04 Å². The van der Waals surface area contributed by atoms with Crippen molar-refractivity contribution in [1.29, 1.82) is 0 Å². The lowest BCUT2D eigenvalue weighted by atomic mass is 10.1. The van der Waals surface area contributed by atoms with Gasteiger partial charge in [0.05, 0.1) is 6.54 Å². The lowest BCUT2D eigenvalue weighted by molar-refractivity contribution is -0.511. The van der Waals surface area contributed by atoms with Crippen molar-refractivity contribution in [3.8, 4) is 0 Å². The summed E-state index contributed by atoms with van der Waals surface area (Å²) in [6.07, 6.45) is 0. The van der Waals surface area contributed by atoms with Gasteiger partial charge in [0.2, 0.25) is 0 Å². The first kappa shape index (κ1) is 8.36. The van der Waals surface area contributed by atoms with Crippen LogP contribution in [0.5, 0.6) is 0 Å². The van der Waals surface area contributed by atoms with Gasteiger partial charge in [0.25, 0.3) is 0 Å². The molecule has 14 heavy (non-hydrogen) atoms. The Morgan fingerprint density at radius 1 is 1.36 bits per heavy atom. The molecule has 3 heteroatoms. The third-order valence-corrected chi connectivity index (χ3v) is 3.83. The van der Waals surface area contributed by atoms with Gasteiger partial charge in [-0.15, -0.1) is 0 Å². The molecule has 0 amide bonds. The number of nitrogens with zero attached hydrogens (tertiary/aromatic N) is 1. The van der Waals surface area contributed by atoms with Crippen molar-refractivity contribution in [2.24, 2.45) is 0 Å². The molecule has 0 spiro atoms. The van der Waals surface area contributed by atoms with Crippen molar-refractivity contribution >= 4 is 16.9 Å². The molecule has 0 bridgehead atoms. The highest BCUT2D eigenvalue weighted by Gasteiger charge is 2.34. The van der Waals surface area contributed by atoms with Gasteiger partial charge in [-0.2, -0.15) is 0 Å². The molecule has 0 unspecified atom stereocenters. The predicted octanol–water partition coefficient (Wildman–Crippen LogP) is 1.45. The Morgan fingerprint density at radius 3 is 3.00 bits per heavy atom. The number of rotatable bonds is 1. The second kappa shape index (κ2) is 3.31. The van der Waals surface area contributed by atoms with Crippen LogP contribution in [0.2, 0.25) is 0 Å². The van der Waals surface area contributed by atoms with Crippen LogP contribution in [0.15, 0.2) is 30.3 Å². The molecule has 2 aliphatic rings. The molecule has 0 radical (unpaired) electrons. The van der Waals surface area contributed by atoms with Crippen LogP contribution < -0.4 is 5.32 Å². The van der Waals surface area contributed by atoms with E-state index in [1.54, 1.807) is 0 Å². The fourth-order valence-corrected chi connectivity index (χ4v) is 3.12. The summed E-state index contributed by atoms with van der Waals surface area (Å²) in [4.78, 5) is 0. The van der Waals surface area contributed by atoms with Crippen LogP contribution >= 0.6 is 11.8 Å². The van der Waals surface area contributed by atoms with E-state index in [4.69, 9.17) is 0 Å². The highest BCUT2D eigenvalue weighted by Crippen LogP contribution is 2.23. The minimum Gasteiger partial charge on any atom is -0.258 e. The molecule has 1 aromatic carbocycles. The first-order valence-corrected chi connectivity index (χ1v) is 5.98. The van der Waals surface area contributed by atoms with Gasteiger partial charge < -0.3 is 0 Å². The van der Waals surface area contributed by atoms with E-state index >= 15 is 0 Å². The van der Waals surface area contributed by atoms with Crippen LogP contribution in [0, 0.1) is 0 Å². The SMILES string of the molecule is c1ccc([C@@H]2C[N+]3=[14C](N2)SCC3)cc1. The smallest absolute Gasteiger partial charge is 0.258 e. The highest BCUT2D eigenvalue weighted by atomic mass is 32.2. The summed E-state index contributed by atoms with van der Waals surface area (Å²) < 4.78 is 2.45. The lowest BCUT2D eigenvalue weighted by Gasteiger charge is -2.06. The molecule has 2 heterocycles. The molecule has 1 aromatic rings. The molecule has 3 rings (SSSR count). The van der Waals surface area contributed by atoms with Gasteiger partial charge in [0.1, 0.15) is 6.54 Å². The minimum atomic E-state index is 0.499. The van der Waals surface area contributed by atoms with E-state index in [0.29, 0.717) is 6.04 Å². The van der Waals surface area contributed by atoms with Gasteiger partial charge in [-0.1, -0.05) is 30.3 Å². The topological polar surface area (TPSA) is 15.0 Å². The summed E-state index contributed by atoms with van der Waals surface area (Å²) in [5.41, 5.74) is 1.40. The van der Waals surface area contributed by atoms with Gasteiger partial charge >= 0.3 is 5.17 Å². The van der Waals surface area contributed by atoms with E-state index in [9.17, 15) is 0 Å². The molecule has 0 aromatic heterocycles. The molecule has 2 aliphatic heterocycles. The maximum absolute atomic E-state index is 3.57. The number of nitrogens with one attached hydrogen (secondary N) is 1. The second-order valence-corrected chi connectivity index (χ2v) is 4.79. The fourth-order valence-electron chi connectivity index (χ4n) is 2.04. The van der Waals surface area contributed by atoms with Crippen LogP contribution in [-0.2, 0) is 0 Å². The average Bonchev–Trinajstić information content (AvgIpc) is 2.78. The number of thioether (sulfide) groups is 1. The first-order valence-electron chi connectivity index (χ1n) is 5.00. The average molecular weight is 207 g/mol. The van der Waals surface area contributed by atoms with E-state index in [0.717, 1.165) is 6.54 Å². The summed E-state index contributed by atoms with van der Waals surface area (Å²) in [6, 6.07) is 11.2.